The van der Waals surface area contributed by atoms with Crippen molar-refractivity contribution in [2.24, 2.45) is 0 Å². The van der Waals surface area contributed by atoms with E-state index >= 15 is 0 Å². The van der Waals surface area contributed by atoms with Gasteiger partial charge < -0.3 is 12.4 Å². The highest BCUT2D eigenvalue weighted by Crippen LogP contribution is 2.26. The van der Waals surface area contributed by atoms with Crippen molar-refractivity contribution in [3.8, 4) is 0 Å². The predicted molar refractivity (Wildman–Crippen MR) is 137 cm³/mol. The van der Waals surface area contributed by atoms with Gasteiger partial charge in [0.25, 0.3) is 0 Å². The van der Waals surface area contributed by atoms with E-state index in [0.29, 0.717) is 0 Å². The van der Waals surface area contributed by atoms with Crippen molar-refractivity contribution in [3.05, 3.63) is 28.1 Å². The van der Waals surface area contributed by atoms with Crippen molar-refractivity contribution in [1.29, 1.82) is 0 Å². The Morgan fingerprint density at radius 2 is 1.03 bits per heavy atom. The third-order valence-electron chi connectivity index (χ3n) is 7.78. The topological polar surface area (TPSA) is 3.88 Å². The van der Waals surface area contributed by atoms with Crippen LogP contribution in [0.15, 0.2) is 0 Å². The van der Waals surface area contributed by atoms with Gasteiger partial charge in [-0.1, -0.05) is 104 Å². The Morgan fingerprint density at radius 1 is 0.594 bits per heavy atom. The molecular weight excluding hydrogens is 410 g/mol. The molecule has 32 heavy (non-hydrogen) atoms. The number of rotatable bonds is 18. The van der Waals surface area contributed by atoms with Gasteiger partial charge in [0.1, 0.15) is 6.54 Å². The standard InChI is InChI=1S/C30H54N.ClH/c1-5-7-9-11-13-15-17-19-22-28-26(3)29(30-24-21-25-31(30)27(28)4)23-20-18-16-14-12-10-8-6-2;/h5-25H2,1-4H3;1H/q+1;/p-1. The number of aromatic nitrogens is 1. The van der Waals surface area contributed by atoms with Gasteiger partial charge in [-0.05, 0) is 38.2 Å². The van der Waals surface area contributed by atoms with E-state index in [9.17, 15) is 0 Å². The molecule has 186 valence electrons. The molecule has 1 aliphatic rings. The van der Waals surface area contributed by atoms with Crippen LogP contribution in [0, 0.1) is 13.8 Å². The van der Waals surface area contributed by atoms with E-state index in [1.807, 2.05) is 0 Å². The maximum Gasteiger partial charge on any atom is 0.185 e. The van der Waals surface area contributed by atoms with Crippen molar-refractivity contribution >= 4 is 0 Å². The summed E-state index contributed by atoms with van der Waals surface area (Å²) in [6.45, 7) is 10.7. The molecule has 0 saturated carbocycles. The molecule has 0 spiro atoms. The molecule has 0 atom stereocenters. The van der Waals surface area contributed by atoms with Crippen molar-refractivity contribution in [3.63, 3.8) is 0 Å². The number of hydrogen-bond donors (Lipinski definition) is 0. The second-order valence-corrected chi connectivity index (χ2v) is 10.3. The third kappa shape index (κ3) is 9.74. The summed E-state index contributed by atoms with van der Waals surface area (Å²) < 4.78 is 2.70. The molecule has 2 heteroatoms. The van der Waals surface area contributed by atoms with Gasteiger partial charge in [0.05, 0.1) is 0 Å². The Labute approximate surface area is 207 Å². The molecule has 1 aliphatic heterocycles. The number of hydrogen-bond acceptors (Lipinski definition) is 0. The minimum absolute atomic E-state index is 0. The van der Waals surface area contributed by atoms with Gasteiger partial charge in [0.2, 0.25) is 0 Å². The number of fused-ring (bicyclic) bond motifs is 1. The lowest BCUT2D eigenvalue weighted by atomic mass is 9.91. The molecule has 0 aliphatic carbocycles. The van der Waals surface area contributed by atoms with E-state index in [1.54, 1.807) is 28.1 Å². The molecule has 0 saturated heterocycles. The van der Waals surface area contributed by atoms with E-state index in [0.717, 1.165) is 0 Å². The van der Waals surface area contributed by atoms with Crippen LogP contribution in [0.1, 0.15) is 151 Å². The number of unbranched alkanes of at least 4 members (excludes halogenated alkanes) is 14. The molecule has 0 fully saturated rings. The van der Waals surface area contributed by atoms with Crippen molar-refractivity contribution in [2.45, 2.75) is 163 Å². The van der Waals surface area contributed by atoms with Gasteiger partial charge >= 0.3 is 0 Å². The van der Waals surface area contributed by atoms with E-state index in [2.05, 4.69) is 32.3 Å². The van der Waals surface area contributed by atoms with Crippen molar-refractivity contribution in [1.82, 2.24) is 0 Å². The highest BCUT2D eigenvalue weighted by molar-refractivity contribution is 5.37. The smallest absolute Gasteiger partial charge is 0.185 e. The van der Waals surface area contributed by atoms with Crippen LogP contribution in [-0.4, -0.2) is 0 Å². The molecular formula is C30H54ClN. The van der Waals surface area contributed by atoms with Crippen LogP contribution in [0.25, 0.3) is 0 Å². The van der Waals surface area contributed by atoms with E-state index < -0.39 is 0 Å². The SMILES string of the molecule is CCCCCCCCCCc1c(C)c(CCCCCCCCCC)c2[n+](c1C)CCC2.[Cl-]. The third-order valence-corrected chi connectivity index (χ3v) is 7.78. The summed E-state index contributed by atoms with van der Waals surface area (Å²) >= 11 is 0. The highest BCUT2D eigenvalue weighted by Gasteiger charge is 2.29. The van der Waals surface area contributed by atoms with Crippen LogP contribution in [0.4, 0.5) is 0 Å². The van der Waals surface area contributed by atoms with Crippen LogP contribution in [0.2, 0.25) is 0 Å². The maximum absolute atomic E-state index is 2.70. The predicted octanol–water partition coefficient (Wildman–Crippen LogP) is 5.91. The largest absolute Gasteiger partial charge is 1.00 e. The van der Waals surface area contributed by atoms with Crippen LogP contribution in [-0.2, 0) is 25.8 Å². The van der Waals surface area contributed by atoms with Crippen LogP contribution >= 0.6 is 0 Å². The van der Waals surface area contributed by atoms with Gasteiger partial charge in [-0.25, -0.2) is 0 Å². The minimum atomic E-state index is 0. The monoisotopic (exact) mass is 463 g/mol. The number of nitrogens with zero attached hydrogens (tertiary/aromatic N) is 1. The normalized spacial score (nSPS) is 12.8. The van der Waals surface area contributed by atoms with Crippen LogP contribution < -0.4 is 17.0 Å². The highest BCUT2D eigenvalue weighted by atomic mass is 35.5. The molecule has 0 N–H and O–H groups in total. The quantitative estimate of drug-likeness (QED) is 0.188. The summed E-state index contributed by atoms with van der Waals surface area (Å²) in [6.07, 6.45) is 28.0. The Hall–Kier alpha value is -0.560. The summed E-state index contributed by atoms with van der Waals surface area (Å²) in [5.74, 6) is 0. The molecule has 1 nitrogen and oxygen atoms in total. The summed E-state index contributed by atoms with van der Waals surface area (Å²) in [6, 6.07) is 0. The summed E-state index contributed by atoms with van der Waals surface area (Å²) in [4.78, 5) is 0. The Bertz CT molecular complexity index is 622. The second kappa shape index (κ2) is 17.9. The second-order valence-electron chi connectivity index (χ2n) is 10.3. The fourth-order valence-electron chi connectivity index (χ4n) is 5.76. The summed E-state index contributed by atoms with van der Waals surface area (Å²) in [5.41, 5.74) is 8.39. The Kier molecular flexibility index (Phi) is 16.4. The molecule has 2 rings (SSSR count). The average molecular weight is 464 g/mol. The van der Waals surface area contributed by atoms with E-state index in [4.69, 9.17) is 0 Å². The maximum atomic E-state index is 2.70. The van der Waals surface area contributed by atoms with Crippen molar-refractivity contribution in [2.75, 3.05) is 0 Å². The molecule has 0 aromatic carbocycles. The first-order chi connectivity index (χ1) is 15.2. The lowest BCUT2D eigenvalue weighted by Gasteiger charge is -2.15. The van der Waals surface area contributed by atoms with Gasteiger partial charge in [-0.2, -0.15) is 4.57 Å². The first-order valence-corrected chi connectivity index (χ1v) is 14.2. The summed E-state index contributed by atoms with van der Waals surface area (Å²) in [7, 11) is 0. The molecule has 1 aromatic heterocycles. The van der Waals surface area contributed by atoms with Gasteiger partial charge in [-0.15, -0.1) is 0 Å². The molecule has 1 aromatic rings. The Balaban J connectivity index is 0.00000512. The molecule has 0 amide bonds. The van der Waals surface area contributed by atoms with E-state index in [-0.39, 0.29) is 12.4 Å². The molecule has 0 unspecified atom stereocenters. The fraction of sp³-hybridized carbons (Fsp3) is 0.833. The van der Waals surface area contributed by atoms with Gasteiger partial charge in [-0.3, -0.25) is 0 Å². The molecule has 0 bridgehead atoms. The van der Waals surface area contributed by atoms with Gasteiger partial charge in [0, 0.05) is 30.9 Å². The van der Waals surface area contributed by atoms with Crippen LogP contribution in [0.3, 0.4) is 0 Å². The lowest BCUT2D eigenvalue weighted by molar-refractivity contribution is -0.697. The first kappa shape index (κ1) is 29.5. The van der Waals surface area contributed by atoms with E-state index in [1.165, 1.54) is 135 Å². The fourth-order valence-corrected chi connectivity index (χ4v) is 5.76. The molecule has 0 radical (unpaired) electrons. The molecule has 2 heterocycles. The minimum Gasteiger partial charge on any atom is -1.00 e. The lowest BCUT2D eigenvalue weighted by Crippen LogP contribution is -3.00. The number of halogens is 1. The average Bonchev–Trinajstić information content (AvgIpc) is 3.26. The van der Waals surface area contributed by atoms with Crippen LogP contribution in [0.5, 0.6) is 0 Å². The zero-order valence-electron chi connectivity index (χ0n) is 22.2. The first-order valence-electron chi connectivity index (χ1n) is 14.2. The summed E-state index contributed by atoms with van der Waals surface area (Å²) in [5, 5.41) is 0. The zero-order chi connectivity index (χ0) is 22.3. The zero-order valence-corrected chi connectivity index (χ0v) is 22.9. The Morgan fingerprint density at radius 3 is 1.53 bits per heavy atom. The van der Waals surface area contributed by atoms with Crippen molar-refractivity contribution < 1.29 is 17.0 Å². The van der Waals surface area contributed by atoms with Gasteiger partial charge in [0.15, 0.2) is 11.4 Å². The number of pyridine rings is 1.